The minimum absolute atomic E-state index is 0.0758. The number of rotatable bonds is 2. The van der Waals surface area contributed by atoms with Crippen molar-refractivity contribution in [1.82, 2.24) is 4.98 Å². The molecule has 1 aliphatic rings. The summed E-state index contributed by atoms with van der Waals surface area (Å²) in [4.78, 5) is 18.7. The minimum Gasteiger partial charge on any atom is -0.279 e. The molecule has 1 aromatic heterocycles. The van der Waals surface area contributed by atoms with Crippen LogP contribution in [-0.4, -0.2) is 16.6 Å². The highest BCUT2D eigenvalue weighted by Crippen LogP contribution is 2.46. The molecule has 3 rings (SSSR count). The second-order valence-electron chi connectivity index (χ2n) is 4.80. The summed E-state index contributed by atoms with van der Waals surface area (Å²) in [6, 6.07) is 9.74. The molecule has 2 heterocycles. The summed E-state index contributed by atoms with van der Waals surface area (Å²) in [6.07, 6.45) is 0. The van der Waals surface area contributed by atoms with Gasteiger partial charge in [0, 0.05) is 19.0 Å². The first-order valence-corrected chi connectivity index (χ1v) is 9.92. The fraction of sp³-hybridized carbons (Fsp3) is 0.200. The maximum absolute atomic E-state index is 12.4. The molecule has 0 radical (unpaired) electrons. The van der Waals surface area contributed by atoms with Crippen LogP contribution >= 0.6 is 59.6 Å². The lowest BCUT2D eigenvalue weighted by Crippen LogP contribution is -2.29. The third kappa shape index (κ3) is 3.00. The molecule has 0 unspecified atom stereocenters. The van der Waals surface area contributed by atoms with Gasteiger partial charge in [-0.2, -0.15) is 0 Å². The van der Waals surface area contributed by atoms with Crippen molar-refractivity contribution < 1.29 is 4.79 Å². The van der Waals surface area contributed by atoms with Gasteiger partial charge in [0.1, 0.15) is 11.2 Å². The topological polar surface area (TPSA) is 33.2 Å². The molecule has 114 valence electrons. The van der Waals surface area contributed by atoms with Gasteiger partial charge in [0.25, 0.3) is 0 Å². The van der Waals surface area contributed by atoms with Gasteiger partial charge in [-0.05, 0) is 47.1 Å². The Morgan fingerprint density at radius 3 is 2.45 bits per heavy atom. The average molecular weight is 507 g/mol. The van der Waals surface area contributed by atoms with E-state index >= 15 is 0 Å². The molecule has 1 fully saturated rings. The van der Waals surface area contributed by atoms with Gasteiger partial charge in [-0.25, -0.2) is 4.98 Å². The molecular weight excluding hydrogens is 496 g/mol. The van der Waals surface area contributed by atoms with Crippen LogP contribution in [0.2, 0.25) is 0 Å². The number of amides is 1. The molecule has 1 amide bonds. The van der Waals surface area contributed by atoms with E-state index in [0.29, 0.717) is 11.6 Å². The summed E-state index contributed by atoms with van der Waals surface area (Å²) in [7, 11) is 0. The van der Waals surface area contributed by atoms with E-state index in [9.17, 15) is 4.79 Å². The van der Waals surface area contributed by atoms with Crippen molar-refractivity contribution in [2.75, 3.05) is 10.7 Å². The van der Waals surface area contributed by atoms with E-state index in [-0.39, 0.29) is 11.3 Å². The van der Waals surface area contributed by atoms with Crippen LogP contribution in [0.15, 0.2) is 43.7 Å². The van der Waals surface area contributed by atoms with Crippen molar-refractivity contribution >= 4 is 71.3 Å². The highest BCUT2D eigenvalue weighted by molar-refractivity contribution is 9.11. The van der Waals surface area contributed by atoms with Gasteiger partial charge in [-0.3, -0.25) is 9.69 Å². The molecule has 0 bridgehead atoms. The molecule has 1 saturated heterocycles. The van der Waals surface area contributed by atoms with Crippen LogP contribution in [-0.2, 0) is 4.79 Å². The highest BCUT2D eigenvalue weighted by atomic mass is 79.9. The van der Waals surface area contributed by atoms with E-state index in [4.69, 9.17) is 0 Å². The lowest BCUT2D eigenvalue weighted by atomic mass is 10.2. The van der Waals surface area contributed by atoms with E-state index in [1.165, 1.54) is 0 Å². The first-order chi connectivity index (χ1) is 10.5. The van der Waals surface area contributed by atoms with E-state index in [1.54, 1.807) is 16.7 Å². The Hall–Kier alpha value is -0.370. The standard InChI is InChI=1S/C15H11Br3N2OS/c1-8-9(16)5-6-12(19-8)20-13(21)7-22-15(20)14-10(17)3-2-4-11(14)18/h2-6,15H,7H2,1H3/t15-/m0/s1. The fourth-order valence-electron chi connectivity index (χ4n) is 2.30. The Balaban J connectivity index is 2.08. The molecule has 1 aromatic carbocycles. The Morgan fingerprint density at radius 2 is 1.82 bits per heavy atom. The van der Waals surface area contributed by atoms with Crippen LogP contribution in [0.3, 0.4) is 0 Å². The third-order valence-corrected chi connectivity index (χ3v) is 6.77. The number of carbonyl (C=O) groups excluding carboxylic acids is 1. The minimum atomic E-state index is -0.0921. The summed E-state index contributed by atoms with van der Waals surface area (Å²) >= 11 is 12.2. The Kier molecular flexibility index (Phi) is 4.97. The number of aryl methyl sites for hydroxylation is 1. The lowest BCUT2D eigenvalue weighted by Gasteiger charge is -2.25. The highest BCUT2D eigenvalue weighted by Gasteiger charge is 2.37. The van der Waals surface area contributed by atoms with Crippen molar-refractivity contribution in [3.8, 4) is 0 Å². The first kappa shape index (κ1) is 16.5. The van der Waals surface area contributed by atoms with Crippen molar-refractivity contribution in [1.29, 1.82) is 0 Å². The van der Waals surface area contributed by atoms with Crippen LogP contribution in [0, 0.1) is 6.92 Å². The summed E-state index contributed by atoms with van der Waals surface area (Å²) in [5.74, 6) is 1.21. The molecule has 0 N–H and O–H groups in total. The number of thioether (sulfide) groups is 1. The Labute approximate surface area is 158 Å². The number of anilines is 1. The first-order valence-electron chi connectivity index (χ1n) is 6.50. The maximum Gasteiger partial charge on any atom is 0.239 e. The maximum atomic E-state index is 12.4. The molecular formula is C15H11Br3N2OS. The van der Waals surface area contributed by atoms with Gasteiger partial charge in [0.2, 0.25) is 5.91 Å². The zero-order valence-corrected chi connectivity index (χ0v) is 17.1. The molecule has 7 heteroatoms. The third-order valence-electron chi connectivity index (χ3n) is 3.37. The Bertz CT molecular complexity index is 733. The summed E-state index contributed by atoms with van der Waals surface area (Å²) in [5, 5.41) is -0.0921. The predicted octanol–water partition coefficient (Wildman–Crippen LogP) is 5.46. The van der Waals surface area contributed by atoms with Gasteiger partial charge < -0.3 is 0 Å². The molecule has 22 heavy (non-hydrogen) atoms. The monoisotopic (exact) mass is 504 g/mol. The largest absolute Gasteiger partial charge is 0.279 e. The van der Waals surface area contributed by atoms with Crippen molar-refractivity contribution in [2.45, 2.75) is 12.3 Å². The number of halogens is 3. The second kappa shape index (κ2) is 6.63. The smallest absolute Gasteiger partial charge is 0.239 e. The zero-order chi connectivity index (χ0) is 15.9. The van der Waals surface area contributed by atoms with Crippen LogP contribution in [0.4, 0.5) is 5.82 Å². The summed E-state index contributed by atoms with van der Waals surface area (Å²) in [6.45, 7) is 1.92. The Morgan fingerprint density at radius 1 is 1.14 bits per heavy atom. The molecule has 3 nitrogen and oxygen atoms in total. The van der Waals surface area contributed by atoms with Gasteiger partial charge in [-0.15, -0.1) is 11.8 Å². The van der Waals surface area contributed by atoms with Gasteiger partial charge in [0.15, 0.2) is 0 Å². The number of hydrogen-bond acceptors (Lipinski definition) is 3. The van der Waals surface area contributed by atoms with Crippen molar-refractivity contribution in [3.05, 3.63) is 55.0 Å². The molecule has 0 aliphatic carbocycles. The number of carbonyl (C=O) groups is 1. The van der Waals surface area contributed by atoms with Gasteiger partial charge >= 0.3 is 0 Å². The molecule has 0 spiro atoms. The number of benzene rings is 1. The zero-order valence-electron chi connectivity index (χ0n) is 11.5. The number of pyridine rings is 1. The normalized spacial score (nSPS) is 18.1. The van der Waals surface area contributed by atoms with Crippen LogP contribution in [0.5, 0.6) is 0 Å². The number of hydrogen-bond donors (Lipinski definition) is 0. The molecule has 0 saturated carbocycles. The van der Waals surface area contributed by atoms with E-state index < -0.39 is 0 Å². The van der Waals surface area contributed by atoms with Gasteiger partial charge in [0.05, 0.1) is 11.4 Å². The summed E-state index contributed by atoms with van der Waals surface area (Å²) < 4.78 is 2.90. The fourth-order valence-corrected chi connectivity index (χ4v) is 5.49. The predicted molar refractivity (Wildman–Crippen MR) is 101 cm³/mol. The van der Waals surface area contributed by atoms with Gasteiger partial charge in [-0.1, -0.05) is 37.9 Å². The van der Waals surface area contributed by atoms with Crippen molar-refractivity contribution in [3.63, 3.8) is 0 Å². The van der Waals surface area contributed by atoms with Crippen LogP contribution in [0.1, 0.15) is 16.6 Å². The second-order valence-corrected chi connectivity index (χ2v) is 8.43. The average Bonchev–Trinajstić information content (AvgIpc) is 2.84. The summed E-state index contributed by atoms with van der Waals surface area (Å²) in [5.41, 5.74) is 1.92. The molecule has 1 atom stereocenters. The molecule has 2 aromatic rings. The number of aromatic nitrogens is 1. The SMILES string of the molecule is Cc1nc(N2C(=O)CS[C@H]2c2c(Br)cccc2Br)ccc1Br. The van der Waals surface area contributed by atoms with E-state index in [1.807, 2.05) is 37.3 Å². The number of nitrogens with zero attached hydrogens (tertiary/aromatic N) is 2. The van der Waals surface area contributed by atoms with Crippen LogP contribution < -0.4 is 4.90 Å². The lowest BCUT2D eigenvalue weighted by molar-refractivity contribution is -0.115. The molecule has 1 aliphatic heterocycles. The van der Waals surface area contributed by atoms with E-state index in [0.717, 1.165) is 24.7 Å². The van der Waals surface area contributed by atoms with Crippen LogP contribution in [0.25, 0.3) is 0 Å². The van der Waals surface area contributed by atoms with Crippen molar-refractivity contribution in [2.24, 2.45) is 0 Å². The quantitative estimate of drug-likeness (QED) is 0.542. The van der Waals surface area contributed by atoms with E-state index in [2.05, 4.69) is 52.8 Å².